The van der Waals surface area contributed by atoms with Crippen molar-refractivity contribution in [2.75, 3.05) is 0 Å². The van der Waals surface area contributed by atoms with Crippen LogP contribution < -0.4 is 0 Å². The molecular weight excluding hydrogens is 307 g/mol. The molecule has 24 heavy (non-hydrogen) atoms. The highest BCUT2D eigenvalue weighted by Gasteiger charge is 2.58. The van der Waals surface area contributed by atoms with Gasteiger partial charge in [0.1, 0.15) is 0 Å². The number of fused-ring (bicyclic) bond motifs is 1. The normalized spacial score (nSPS) is 43.2. The summed E-state index contributed by atoms with van der Waals surface area (Å²) in [6.07, 6.45) is 17.0. The minimum Gasteiger partial charge on any atom is -0.103 e. The Balaban J connectivity index is 1.71. The molecule has 1 heterocycles. The molecule has 0 spiro atoms. The van der Waals surface area contributed by atoms with Crippen LogP contribution in [0, 0.1) is 29.6 Å². The van der Waals surface area contributed by atoms with Gasteiger partial charge in [-0.25, -0.2) is 0 Å². The summed E-state index contributed by atoms with van der Waals surface area (Å²) in [4.78, 5) is 0. The summed E-state index contributed by atoms with van der Waals surface area (Å²) in [5, 5.41) is 0. The van der Waals surface area contributed by atoms with Crippen LogP contribution in [0.25, 0.3) is 0 Å². The first kappa shape index (κ1) is 18.7. The van der Waals surface area contributed by atoms with Gasteiger partial charge >= 0.3 is 0 Å². The van der Waals surface area contributed by atoms with E-state index in [1.807, 2.05) is 0 Å². The predicted molar refractivity (Wildman–Crippen MR) is 110 cm³/mol. The fraction of sp³-hybridized carbons (Fsp3) is 0.826. The highest BCUT2D eigenvalue weighted by Crippen LogP contribution is 2.75. The third-order valence-electron chi connectivity index (χ3n) is 7.58. The average Bonchev–Trinajstić information content (AvgIpc) is 3.28. The number of hydrogen-bond donors (Lipinski definition) is 0. The van der Waals surface area contributed by atoms with E-state index in [9.17, 15) is 0 Å². The minimum atomic E-state index is 0.260. The van der Waals surface area contributed by atoms with Crippen molar-refractivity contribution >= 4 is 7.92 Å². The predicted octanol–water partition coefficient (Wildman–Crippen LogP) is 7.25. The maximum atomic E-state index is 4.07. The van der Waals surface area contributed by atoms with E-state index in [2.05, 4.69) is 52.5 Å². The highest BCUT2D eigenvalue weighted by molar-refractivity contribution is 7.61. The van der Waals surface area contributed by atoms with E-state index in [0.717, 1.165) is 46.6 Å². The summed E-state index contributed by atoms with van der Waals surface area (Å²) in [6, 6.07) is 0. The molecule has 3 rings (SSSR count). The lowest BCUT2D eigenvalue weighted by atomic mass is 9.95. The van der Waals surface area contributed by atoms with E-state index in [4.69, 9.17) is 0 Å². The second-order valence-electron chi connectivity index (χ2n) is 8.86. The van der Waals surface area contributed by atoms with Crippen LogP contribution in [-0.4, -0.2) is 17.0 Å². The van der Waals surface area contributed by atoms with Gasteiger partial charge in [-0.1, -0.05) is 46.9 Å². The molecule has 0 nitrogen and oxygen atoms in total. The van der Waals surface area contributed by atoms with Crippen LogP contribution in [-0.2, 0) is 0 Å². The molecule has 1 saturated heterocycles. The zero-order chi connectivity index (χ0) is 17.3. The molecule has 2 aliphatic carbocycles. The molecule has 136 valence electrons. The molecule has 0 amide bonds. The van der Waals surface area contributed by atoms with Crippen molar-refractivity contribution in [1.29, 1.82) is 0 Å². The molecule has 0 radical (unpaired) electrons. The first-order valence-electron chi connectivity index (χ1n) is 10.6. The van der Waals surface area contributed by atoms with Crippen molar-refractivity contribution in [1.82, 2.24) is 0 Å². The van der Waals surface area contributed by atoms with Gasteiger partial charge in [-0.3, -0.25) is 0 Å². The molecule has 1 aliphatic heterocycles. The molecule has 0 aromatic heterocycles. The minimum absolute atomic E-state index is 0.260. The lowest BCUT2D eigenvalue weighted by Gasteiger charge is -2.56. The molecular formula is C23H39P. The molecule has 9 atom stereocenters. The quantitative estimate of drug-likeness (QED) is 0.234. The summed E-state index contributed by atoms with van der Waals surface area (Å²) in [6.45, 7) is 13.9. The van der Waals surface area contributed by atoms with Crippen molar-refractivity contribution in [3.63, 3.8) is 0 Å². The first-order chi connectivity index (χ1) is 11.6. The lowest BCUT2D eigenvalue weighted by Crippen LogP contribution is -2.46. The summed E-state index contributed by atoms with van der Waals surface area (Å²) in [5.74, 6) is 4.86. The van der Waals surface area contributed by atoms with Crippen molar-refractivity contribution in [3.05, 3.63) is 24.8 Å². The van der Waals surface area contributed by atoms with Crippen molar-refractivity contribution < 1.29 is 0 Å². The van der Waals surface area contributed by atoms with Crippen LogP contribution in [0.5, 0.6) is 0 Å². The Bertz CT molecular complexity index is 453. The maximum absolute atomic E-state index is 4.07. The monoisotopic (exact) mass is 346 g/mol. The van der Waals surface area contributed by atoms with Crippen LogP contribution in [0.2, 0.25) is 0 Å². The molecule has 3 fully saturated rings. The fourth-order valence-corrected chi connectivity index (χ4v) is 11.2. The molecule has 2 saturated carbocycles. The number of unbranched alkanes of at least 4 members (excludes halogenated alkanes) is 1. The van der Waals surface area contributed by atoms with Crippen LogP contribution in [0.4, 0.5) is 0 Å². The highest BCUT2D eigenvalue weighted by atomic mass is 31.1. The largest absolute Gasteiger partial charge is 0.103 e. The van der Waals surface area contributed by atoms with E-state index < -0.39 is 0 Å². The second-order valence-corrected chi connectivity index (χ2v) is 11.7. The molecule has 0 N–H and O–H groups in total. The molecule has 0 aromatic rings. The Morgan fingerprint density at radius 2 is 2.08 bits per heavy atom. The van der Waals surface area contributed by atoms with Crippen molar-refractivity contribution in [2.45, 2.75) is 89.6 Å². The van der Waals surface area contributed by atoms with Gasteiger partial charge in [0.2, 0.25) is 0 Å². The van der Waals surface area contributed by atoms with E-state index in [0.29, 0.717) is 0 Å². The summed E-state index contributed by atoms with van der Waals surface area (Å²) < 4.78 is 0. The van der Waals surface area contributed by atoms with Crippen LogP contribution in [0.1, 0.15) is 72.6 Å². The van der Waals surface area contributed by atoms with Crippen LogP contribution in [0.3, 0.4) is 0 Å². The standard InChI is InChI=1S/C23H39P/c1-6-9-10-11-12-22(17(5)20-15-18(20)7-2)24-21(8-3)19-14-13-16(4)23(19)24/h6-7,9,16-23H,2,8,10-15H2,1,3-5H3/b9-6-/t16?,17?,18?,19?,20-,21?,22-,23?,24+/m1/s1. The Morgan fingerprint density at radius 3 is 2.71 bits per heavy atom. The van der Waals surface area contributed by atoms with Crippen LogP contribution in [0.15, 0.2) is 24.8 Å². The van der Waals surface area contributed by atoms with Crippen LogP contribution >= 0.6 is 7.92 Å². The Kier molecular flexibility index (Phi) is 6.29. The fourth-order valence-electron chi connectivity index (χ4n) is 6.17. The topological polar surface area (TPSA) is 0 Å². The zero-order valence-corrected chi connectivity index (χ0v) is 17.3. The smallest absolute Gasteiger partial charge is 0.0144 e. The van der Waals surface area contributed by atoms with Gasteiger partial charge in [-0.15, -0.1) is 6.58 Å². The maximum Gasteiger partial charge on any atom is -0.0144 e. The molecule has 1 heteroatoms. The van der Waals surface area contributed by atoms with E-state index in [1.165, 1.54) is 38.5 Å². The first-order valence-corrected chi connectivity index (χ1v) is 12.2. The Labute approximate surface area is 152 Å². The Hall–Kier alpha value is -0.0900. The SMILES string of the molecule is C=CC1C[C@@H]1C(C)[C@@H](CCC/C=C\C)[P@]1C(CC)C2CCC(C)C21. The van der Waals surface area contributed by atoms with Gasteiger partial charge in [0.25, 0.3) is 0 Å². The molecule has 0 bridgehead atoms. The van der Waals surface area contributed by atoms with Crippen molar-refractivity contribution in [2.24, 2.45) is 29.6 Å². The second kappa shape index (κ2) is 8.07. The van der Waals surface area contributed by atoms with Crippen molar-refractivity contribution in [3.8, 4) is 0 Å². The van der Waals surface area contributed by atoms with E-state index in [1.54, 1.807) is 6.42 Å². The van der Waals surface area contributed by atoms with Gasteiger partial charge in [-0.2, -0.15) is 0 Å². The molecule has 3 aliphatic rings. The number of allylic oxidation sites excluding steroid dienone is 3. The van der Waals surface area contributed by atoms with E-state index >= 15 is 0 Å². The molecule has 0 aromatic carbocycles. The van der Waals surface area contributed by atoms with Gasteiger partial charge < -0.3 is 0 Å². The number of rotatable bonds is 9. The van der Waals surface area contributed by atoms with Gasteiger partial charge in [0.15, 0.2) is 0 Å². The van der Waals surface area contributed by atoms with E-state index in [-0.39, 0.29) is 7.92 Å². The third-order valence-corrected chi connectivity index (χ3v) is 12.2. The zero-order valence-electron chi connectivity index (χ0n) is 16.5. The van der Waals surface area contributed by atoms with Gasteiger partial charge in [0.05, 0.1) is 0 Å². The number of hydrogen-bond acceptors (Lipinski definition) is 0. The summed E-state index contributed by atoms with van der Waals surface area (Å²) in [7, 11) is 0.260. The third kappa shape index (κ3) is 3.42. The molecule has 6 unspecified atom stereocenters. The Morgan fingerprint density at radius 1 is 1.29 bits per heavy atom. The lowest BCUT2D eigenvalue weighted by molar-refractivity contribution is 0.387. The summed E-state index contributed by atoms with van der Waals surface area (Å²) in [5.41, 5.74) is 3.26. The van der Waals surface area contributed by atoms with Gasteiger partial charge in [0, 0.05) is 0 Å². The summed E-state index contributed by atoms with van der Waals surface area (Å²) >= 11 is 0. The van der Waals surface area contributed by atoms with Gasteiger partial charge in [-0.05, 0) is 98.4 Å². The average molecular weight is 347 g/mol.